The first kappa shape index (κ1) is 15.1. The Morgan fingerprint density at radius 3 is 2.67 bits per heavy atom. The zero-order chi connectivity index (χ0) is 15.4. The van der Waals surface area contributed by atoms with Crippen molar-refractivity contribution < 1.29 is 9.53 Å². The molecule has 6 heteroatoms. The standard InChI is InChI=1S/C15H20N4O2/c1-10-12(15(21-3)19(2)18-10)13(14(16)20)17-9-11-7-5-4-6-8-11/h4-8,13,17H,9H2,1-3H3,(H2,16,20). The Kier molecular flexibility index (Phi) is 4.59. The number of primary amides is 1. The van der Waals surface area contributed by atoms with Crippen molar-refractivity contribution >= 4 is 5.91 Å². The first-order chi connectivity index (χ1) is 10.0. The molecule has 1 aromatic heterocycles. The van der Waals surface area contributed by atoms with Crippen LogP contribution in [0.2, 0.25) is 0 Å². The average Bonchev–Trinajstić information content (AvgIpc) is 2.74. The van der Waals surface area contributed by atoms with E-state index >= 15 is 0 Å². The number of rotatable bonds is 6. The number of hydrogen-bond donors (Lipinski definition) is 2. The van der Waals surface area contributed by atoms with Gasteiger partial charge >= 0.3 is 0 Å². The molecule has 1 aromatic carbocycles. The first-order valence-electron chi connectivity index (χ1n) is 6.68. The lowest BCUT2D eigenvalue weighted by Gasteiger charge is -2.16. The van der Waals surface area contributed by atoms with E-state index in [1.165, 1.54) is 0 Å². The lowest BCUT2D eigenvalue weighted by atomic mass is 10.1. The average molecular weight is 288 g/mol. The number of carbonyl (C=O) groups is 1. The molecule has 1 unspecified atom stereocenters. The van der Waals surface area contributed by atoms with Crippen molar-refractivity contribution in [3.05, 3.63) is 47.2 Å². The van der Waals surface area contributed by atoms with E-state index < -0.39 is 11.9 Å². The first-order valence-corrected chi connectivity index (χ1v) is 6.68. The molecule has 1 atom stereocenters. The third kappa shape index (κ3) is 3.22. The topological polar surface area (TPSA) is 82.2 Å². The molecule has 0 spiro atoms. The molecule has 6 nitrogen and oxygen atoms in total. The fourth-order valence-corrected chi connectivity index (χ4v) is 2.39. The molecule has 0 aliphatic heterocycles. The Morgan fingerprint density at radius 2 is 2.10 bits per heavy atom. The van der Waals surface area contributed by atoms with E-state index in [2.05, 4.69) is 10.4 Å². The Hall–Kier alpha value is -2.34. The predicted molar refractivity (Wildman–Crippen MR) is 79.7 cm³/mol. The quantitative estimate of drug-likeness (QED) is 0.832. The number of aromatic nitrogens is 2. The number of hydrogen-bond acceptors (Lipinski definition) is 4. The lowest BCUT2D eigenvalue weighted by molar-refractivity contribution is -0.120. The zero-order valence-electron chi connectivity index (χ0n) is 12.5. The number of carbonyl (C=O) groups excluding carboxylic acids is 1. The Bertz CT molecular complexity index is 622. The highest BCUT2D eigenvalue weighted by atomic mass is 16.5. The number of amides is 1. The Balaban J connectivity index is 2.26. The lowest BCUT2D eigenvalue weighted by Crippen LogP contribution is -2.33. The minimum absolute atomic E-state index is 0.458. The van der Waals surface area contributed by atoms with Gasteiger partial charge in [0.2, 0.25) is 11.8 Å². The normalized spacial score (nSPS) is 12.1. The van der Waals surface area contributed by atoms with Crippen LogP contribution in [-0.4, -0.2) is 22.8 Å². The van der Waals surface area contributed by atoms with Crippen LogP contribution in [0, 0.1) is 6.92 Å². The molecule has 0 aliphatic carbocycles. The van der Waals surface area contributed by atoms with Gasteiger partial charge in [0.05, 0.1) is 18.4 Å². The molecule has 21 heavy (non-hydrogen) atoms. The third-order valence-electron chi connectivity index (χ3n) is 3.33. The van der Waals surface area contributed by atoms with Crippen molar-refractivity contribution in [1.29, 1.82) is 0 Å². The van der Waals surface area contributed by atoms with Crippen LogP contribution in [0.25, 0.3) is 0 Å². The molecular formula is C15H20N4O2. The summed E-state index contributed by atoms with van der Waals surface area (Å²) >= 11 is 0. The number of ether oxygens (including phenoxy) is 1. The second-order valence-corrected chi connectivity index (χ2v) is 4.83. The van der Waals surface area contributed by atoms with E-state index in [-0.39, 0.29) is 0 Å². The minimum Gasteiger partial charge on any atom is -0.481 e. The molecule has 0 radical (unpaired) electrons. The van der Waals surface area contributed by atoms with E-state index in [0.717, 1.165) is 11.3 Å². The maximum Gasteiger partial charge on any atom is 0.239 e. The van der Waals surface area contributed by atoms with Gasteiger partial charge in [-0.25, -0.2) is 4.68 Å². The molecule has 0 saturated heterocycles. The number of nitrogens with one attached hydrogen (secondary N) is 1. The molecule has 0 saturated carbocycles. The summed E-state index contributed by atoms with van der Waals surface area (Å²) in [6.45, 7) is 2.37. The molecule has 3 N–H and O–H groups in total. The van der Waals surface area contributed by atoms with Crippen LogP contribution >= 0.6 is 0 Å². The monoisotopic (exact) mass is 288 g/mol. The number of aryl methyl sites for hydroxylation is 2. The number of nitrogens with two attached hydrogens (primary N) is 1. The summed E-state index contributed by atoms with van der Waals surface area (Å²) in [6, 6.07) is 9.17. The van der Waals surface area contributed by atoms with Crippen molar-refractivity contribution in [2.24, 2.45) is 12.8 Å². The van der Waals surface area contributed by atoms with Crippen LogP contribution in [0.15, 0.2) is 30.3 Å². The number of nitrogens with zero attached hydrogens (tertiary/aromatic N) is 2. The summed E-state index contributed by atoms with van der Waals surface area (Å²) in [5.41, 5.74) is 8.02. The second kappa shape index (κ2) is 6.41. The van der Waals surface area contributed by atoms with Crippen molar-refractivity contribution in [2.45, 2.75) is 19.5 Å². The van der Waals surface area contributed by atoms with Gasteiger partial charge in [-0.3, -0.25) is 10.1 Å². The minimum atomic E-state index is -0.645. The number of benzene rings is 1. The molecule has 2 rings (SSSR count). The molecule has 0 aliphatic rings. The third-order valence-corrected chi connectivity index (χ3v) is 3.33. The van der Waals surface area contributed by atoms with Crippen molar-refractivity contribution in [2.75, 3.05) is 7.11 Å². The van der Waals surface area contributed by atoms with Crippen molar-refractivity contribution in [3.63, 3.8) is 0 Å². The SMILES string of the molecule is COc1c(C(NCc2ccccc2)C(N)=O)c(C)nn1C. The molecule has 0 bridgehead atoms. The van der Waals surface area contributed by atoms with Crippen LogP contribution in [-0.2, 0) is 18.4 Å². The highest BCUT2D eigenvalue weighted by Gasteiger charge is 2.27. The van der Waals surface area contributed by atoms with Crippen LogP contribution in [0.3, 0.4) is 0 Å². The van der Waals surface area contributed by atoms with Gasteiger partial charge in [-0.15, -0.1) is 0 Å². The molecule has 2 aromatic rings. The highest BCUT2D eigenvalue weighted by molar-refractivity contribution is 5.82. The van der Waals surface area contributed by atoms with Gasteiger partial charge in [0.25, 0.3) is 0 Å². The molecule has 1 heterocycles. The van der Waals surface area contributed by atoms with Gasteiger partial charge in [-0.2, -0.15) is 5.10 Å². The molecular weight excluding hydrogens is 268 g/mol. The van der Waals surface area contributed by atoms with Crippen LogP contribution in [0.5, 0.6) is 5.88 Å². The smallest absolute Gasteiger partial charge is 0.239 e. The van der Waals surface area contributed by atoms with Crippen LogP contribution < -0.4 is 15.8 Å². The zero-order valence-corrected chi connectivity index (χ0v) is 12.5. The predicted octanol–water partition coefficient (Wildman–Crippen LogP) is 1.05. The van der Waals surface area contributed by atoms with E-state index in [9.17, 15) is 4.79 Å². The van der Waals surface area contributed by atoms with E-state index in [0.29, 0.717) is 18.0 Å². The van der Waals surface area contributed by atoms with Gasteiger partial charge < -0.3 is 10.5 Å². The summed E-state index contributed by atoms with van der Waals surface area (Å²) < 4.78 is 6.93. The van der Waals surface area contributed by atoms with Gasteiger partial charge in [0, 0.05) is 13.6 Å². The van der Waals surface area contributed by atoms with Gasteiger partial charge in [0.1, 0.15) is 6.04 Å². The Labute approximate surface area is 123 Å². The number of methoxy groups -OCH3 is 1. The largest absolute Gasteiger partial charge is 0.481 e. The van der Waals surface area contributed by atoms with Crippen LogP contribution in [0.1, 0.15) is 22.9 Å². The summed E-state index contributed by atoms with van der Waals surface area (Å²) in [7, 11) is 3.32. The van der Waals surface area contributed by atoms with Crippen molar-refractivity contribution in [1.82, 2.24) is 15.1 Å². The van der Waals surface area contributed by atoms with Gasteiger partial charge in [-0.05, 0) is 12.5 Å². The summed E-state index contributed by atoms with van der Waals surface area (Å²) in [5, 5.41) is 7.46. The van der Waals surface area contributed by atoms with Crippen molar-refractivity contribution in [3.8, 4) is 5.88 Å². The fraction of sp³-hybridized carbons (Fsp3) is 0.333. The van der Waals surface area contributed by atoms with E-state index in [1.54, 1.807) is 18.8 Å². The van der Waals surface area contributed by atoms with Gasteiger partial charge in [0.15, 0.2) is 0 Å². The summed E-state index contributed by atoms with van der Waals surface area (Å²) in [6.07, 6.45) is 0. The summed E-state index contributed by atoms with van der Waals surface area (Å²) in [5.74, 6) is 0.0807. The summed E-state index contributed by atoms with van der Waals surface area (Å²) in [4.78, 5) is 11.8. The maximum absolute atomic E-state index is 11.8. The van der Waals surface area contributed by atoms with Crippen LogP contribution in [0.4, 0.5) is 0 Å². The maximum atomic E-state index is 11.8. The molecule has 112 valence electrons. The Morgan fingerprint density at radius 1 is 1.43 bits per heavy atom. The van der Waals surface area contributed by atoms with E-state index in [1.807, 2.05) is 37.3 Å². The second-order valence-electron chi connectivity index (χ2n) is 4.83. The highest BCUT2D eigenvalue weighted by Crippen LogP contribution is 2.28. The molecule has 1 amide bonds. The molecule has 0 fully saturated rings. The van der Waals surface area contributed by atoms with E-state index in [4.69, 9.17) is 10.5 Å². The van der Waals surface area contributed by atoms with Gasteiger partial charge in [-0.1, -0.05) is 30.3 Å². The fourth-order valence-electron chi connectivity index (χ4n) is 2.39.